The monoisotopic (exact) mass is 169 g/mol. The lowest BCUT2D eigenvalue weighted by Gasteiger charge is -2.12. The molecular weight excluding hydrogens is 161 g/mol. The van der Waals surface area contributed by atoms with Gasteiger partial charge in [0.2, 0.25) is 5.91 Å². The molecule has 0 saturated carbocycles. The SMILES string of the molecule is CN(CCCl)C(=O)CCl. The Labute approximate surface area is 64.7 Å². The van der Waals surface area contributed by atoms with Crippen LogP contribution in [0.25, 0.3) is 0 Å². The molecule has 0 aliphatic heterocycles. The van der Waals surface area contributed by atoms with Gasteiger partial charge in [0, 0.05) is 19.5 Å². The Hall–Kier alpha value is 0.0500. The molecule has 0 atom stereocenters. The van der Waals surface area contributed by atoms with Crippen molar-refractivity contribution in [2.45, 2.75) is 0 Å². The van der Waals surface area contributed by atoms with Crippen molar-refractivity contribution in [2.75, 3.05) is 25.4 Å². The second kappa shape index (κ2) is 4.89. The smallest absolute Gasteiger partial charge is 0.237 e. The van der Waals surface area contributed by atoms with Gasteiger partial charge < -0.3 is 4.90 Å². The third kappa shape index (κ3) is 3.60. The van der Waals surface area contributed by atoms with E-state index in [1.54, 1.807) is 7.05 Å². The molecule has 0 rings (SSSR count). The van der Waals surface area contributed by atoms with E-state index in [0.29, 0.717) is 12.4 Å². The standard InChI is InChI=1S/C5H9Cl2NO/c1-8(3-2-6)5(9)4-7/h2-4H2,1H3. The van der Waals surface area contributed by atoms with Crippen molar-refractivity contribution in [3.05, 3.63) is 0 Å². The minimum absolute atomic E-state index is 0.0351. The molecule has 0 N–H and O–H groups in total. The van der Waals surface area contributed by atoms with E-state index in [9.17, 15) is 4.79 Å². The van der Waals surface area contributed by atoms with Crippen LogP contribution < -0.4 is 0 Å². The van der Waals surface area contributed by atoms with E-state index in [-0.39, 0.29) is 11.8 Å². The maximum Gasteiger partial charge on any atom is 0.237 e. The van der Waals surface area contributed by atoms with E-state index < -0.39 is 0 Å². The average Bonchev–Trinajstić information content (AvgIpc) is 1.87. The molecule has 0 unspecified atom stereocenters. The second-order valence-electron chi connectivity index (χ2n) is 1.64. The number of carbonyl (C=O) groups is 1. The highest BCUT2D eigenvalue weighted by atomic mass is 35.5. The fourth-order valence-electron chi connectivity index (χ4n) is 0.353. The average molecular weight is 170 g/mol. The highest BCUT2D eigenvalue weighted by molar-refractivity contribution is 6.27. The summed E-state index contributed by atoms with van der Waals surface area (Å²) in [4.78, 5) is 12.1. The van der Waals surface area contributed by atoms with Crippen molar-refractivity contribution in [3.8, 4) is 0 Å². The zero-order valence-corrected chi connectivity index (χ0v) is 6.74. The summed E-state index contributed by atoms with van der Waals surface area (Å²) < 4.78 is 0. The Morgan fingerprint density at radius 3 is 2.44 bits per heavy atom. The Balaban J connectivity index is 3.45. The van der Waals surface area contributed by atoms with Gasteiger partial charge in [-0.05, 0) is 0 Å². The van der Waals surface area contributed by atoms with Crippen LogP contribution in [0, 0.1) is 0 Å². The van der Waals surface area contributed by atoms with Crippen LogP contribution in [0.1, 0.15) is 0 Å². The van der Waals surface area contributed by atoms with Crippen molar-refractivity contribution in [1.82, 2.24) is 4.90 Å². The molecule has 0 fully saturated rings. The van der Waals surface area contributed by atoms with E-state index in [1.807, 2.05) is 0 Å². The molecule has 0 heterocycles. The van der Waals surface area contributed by atoms with Crippen molar-refractivity contribution in [3.63, 3.8) is 0 Å². The lowest BCUT2D eigenvalue weighted by Crippen LogP contribution is -2.29. The van der Waals surface area contributed by atoms with Crippen molar-refractivity contribution < 1.29 is 4.79 Å². The van der Waals surface area contributed by atoms with Gasteiger partial charge in [0.25, 0.3) is 0 Å². The lowest BCUT2D eigenvalue weighted by atomic mass is 10.5. The van der Waals surface area contributed by atoms with Gasteiger partial charge in [-0.25, -0.2) is 0 Å². The van der Waals surface area contributed by atoms with Crippen LogP contribution in [0.4, 0.5) is 0 Å². The summed E-state index contributed by atoms with van der Waals surface area (Å²) in [5, 5.41) is 0. The summed E-state index contributed by atoms with van der Waals surface area (Å²) in [6.45, 7) is 0.563. The Morgan fingerprint density at radius 2 is 2.11 bits per heavy atom. The predicted octanol–water partition coefficient (Wildman–Crippen LogP) is 0.922. The van der Waals surface area contributed by atoms with Crippen LogP contribution in [0.2, 0.25) is 0 Å². The third-order valence-corrected chi connectivity index (χ3v) is 1.36. The summed E-state index contributed by atoms with van der Waals surface area (Å²) in [6.07, 6.45) is 0. The first-order valence-electron chi connectivity index (χ1n) is 2.58. The van der Waals surface area contributed by atoms with E-state index in [0.717, 1.165) is 0 Å². The molecule has 0 aliphatic carbocycles. The van der Waals surface area contributed by atoms with E-state index >= 15 is 0 Å². The number of hydrogen-bond donors (Lipinski definition) is 0. The van der Waals surface area contributed by atoms with Gasteiger partial charge in [0.15, 0.2) is 0 Å². The lowest BCUT2D eigenvalue weighted by molar-refractivity contribution is -0.126. The Kier molecular flexibility index (Phi) is 4.91. The molecule has 4 heteroatoms. The number of hydrogen-bond acceptors (Lipinski definition) is 1. The van der Waals surface area contributed by atoms with Crippen molar-refractivity contribution in [2.24, 2.45) is 0 Å². The molecule has 54 valence electrons. The van der Waals surface area contributed by atoms with Crippen LogP contribution >= 0.6 is 23.2 Å². The largest absolute Gasteiger partial charge is 0.344 e. The first-order valence-corrected chi connectivity index (χ1v) is 3.65. The maximum absolute atomic E-state index is 10.6. The molecule has 0 aliphatic rings. The predicted molar refractivity (Wildman–Crippen MR) is 39.1 cm³/mol. The van der Waals surface area contributed by atoms with Crippen LogP contribution in [-0.2, 0) is 4.79 Å². The number of rotatable bonds is 3. The molecule has 9 heavy (non-hydrogen) atoms. The second-order valence-corrected chi connectivity index (χ2v) is 2.28. The first-order chi connectivity index (χ1) is 4.22. The zero-order valence-electron chi connectivity index (χ0n) is 5.23. The summed E-state index contributed by atoms with van der Waals surface area (Å²) in [5.74, 6) is 0.407. The topological polar surface area (TPSA) is 20.3 Å². The highest BCUT2D eigenvalue weighted by Crippen LogP contribution is 1.88. The normalized spacial score (nSPS) is 9.22. The molecular formula is C5H9Cl2NO. The van der Waals surface area contributed by atoms with E-state index in [1.165, 1.54) is 4.90 Å². The van der Waals surface area contributed by atoms with Crippen molar-refractivity contribution >= 4 is 29.1 Å². The van der Waals surface area contributed by atoms with Gasteiger partial charge in [-0.1, -0.05) is 0 Å². The quantitative estimate of drug-likeness (QED) is 0.576. The van der Waals surface area contributed by atoms with Crippen LogP contribution in [0.15, 0.2) is 0 Å². The number of halogens is 2. The third-order valence-electron chi connectivity index (χ3n) is 0.960. The summed E-state index contributed by atoms with van der Waals surface area (Å²) in [6, 6.07) is 0. The zero-order chi connectivity index (χ0) is 7.28. The van der Waals surface area contributed by atoms with Gasteiger partial charge >= 0.3 is 0 Å². The molecule has 0 aromatic heterocycles. The molecule has 1 amide bonds. The fourth-order valence-corrected chi connectivity index (χ4v) is 0.811. The van der Waals surface area contributed by atoms with E-state index in [2.05, 4.69) is 0 Å². The van der Waals surface area contributed by atoms with E-state index in [4.69, 9.17) is 23.2 Å². The molecule has 0 saturated heterocycles. The van der Waals surface area contributed by atoms with Gasteiger partial charge in [-0.3, -0.25) is 4.79 Å². The molecule has 0 aromatic rings. The molecule has 0 spiro atoms. The van der Waals surface area contributed by atoms with Gasteiger partial charge in [0.1, 0.15) is 5.88 Å². The number of amides is 1. The number of carbonyl (C=O) groups excluding carboxylic acids is 1. The number of nitrogens with zero attached hydrogens (tertiary/aromatic N) is 1. The Morgan fingerprint density at radius 1 is 1.56 bits per heavy atom. The van der Waals surface area contributed by atoms with Gasteiger partial charge in [-0.15, -0.1) is 23.2 Å². The minimum atomic E-state index is -0.0858. The summed E-state index contributed by atoms with van der Waals surface area (Å²) >= 11 is 10.6. The summed E-state index contributed by atoms with van der Waals surface area (Å²) in [5.41, 5.74) is 0. The molecule has 2 nitrogen and oxygen atoms in total. The Bertz CT molecular complexity index is 97.0. The number of alkyl halides is 2. The summed E-state index contributed by atoms with van der Waals surface area (Å²) in [7, 11) is 1.67. The fraction of sp³-hybridized carbons (Fsp3) is 0.800. The minimum Gasteiger partial charge on any atom is -0.344 e. The van der Waals surface area contributed by atoms with Gasteiger partial charge in [-0.2, -0.15) is 0 Å². The molecule has 0 aromatic carbocycles. The van der Waals surface area contributed by atoms with Crippen LogP contribution in [-0.4, -0.2) is 36.2 Å². The van der Waals surface area contributed by atoms with Crippen molar-refractivity contribution in [1.29, 1.82) is 0 Å². The highest BCUT2D eigenvalue weighted by Gasteiger charge is 2.03. The van der Waals surface area contributed by atoms with Gasteiger partial charge in [0.05, 0.1) is 0 Å². The maximum atomic E-state index is 10.6. The van der Waals surface area contributed by atoms with Crippen LogP contribution in [0.5, 0.6) is 0 Å². The van der Waals surface area contributed by atoms with Crippen LogP contribution in [0.3, 0.4) is 0 Å². The molecule has 0 radical (unpaired) electrons. The molecule has 0 bridgehead atoms. The first kappa shape index (κ1) is 9.05.